The lowest BCUT2D eigenvalue weighted by molar-refractivity contribution is 0.386. The van der Waals surface area contributed by atoms with Crippen LogP contribution < -0.4 is 0 Å². The third-order valence-corrected chi connectivity index (χ3v) is 5.93. The van der Waals surface area contributed by atoms with E-state index in [0.717, 1.165) is 44.2 Å². The molecule has 0 amide bonds. The number of rotatable bonds is 3. The summed E-state index contributed by atoms with van der Waals surface area (Å²) in [7, 11) is 0. The fraction of sp³-hybridized carbons (Fsp3) is 0.308. The van der Waals surface area contributed by atoms with Crippen molar-refractivity contribution in [2.45, 2.75) is 44.9 Å². The van der Waals surface area contributed by atoms with Gasteiger partial charge in [-0.15, -0.1) is 0 Å². The maximum atomic E-state index is 13.6. The van der Waals surface area contributed by atoms with Crippen molar-refractivity contribution in [2.24, 2.45) is 5.92 Å². The van der Waals surface area contributed by atoms with Gasteiger partial charge in [0, 0.05) is 11.5 Å². The summed E-state index contributed by atoms with van der Waals surface area (Å²) in [5.41, 5.74) is 2.71. The zero-order chi connectivity index (χ0) is 20.4. The molecule has 0 saturated carbocycles. The summed E-state index contributed by atoms with van der Waals surface area (Å²) in [5.74, 6) is 2.77. The first-order valence-electron chi connectivity index (χ1n) is 10.2. The van der Waals surface area contributed by atoms with Gasteiger partial charge < -0.3 is 0 Å². The van der Waals surface area contributed by atoms with E-state index in [-0.39, 0.29) is 11.5 Å². The number of hydrogen-bond donors (Lipinski definition) is 0. The summed E-state index contributed by atoms with van der Waals surface area (Å²) >= 11 is 0. The molecular formula is C26H23F3. The molecule has 0 saturated heterocycles. The zero-order valence-corrected chi connectivity index (χ0v) is 16.4. The van der Waals surface area contributed by atoms with E-state index in [2.05, 4.69) is 49.1 Å². The highest BCUT2D eigenvalue weighted by Gasteiger charge is 2.29. The molecule has 3 heteroatoms. The van der Waals surface area contributed by atoms with E-state index in [0.29, 0.717) is 5.92 Å². The highest BCUT2D eigenvalue weighted by atomic mass is 19.2. The third kappa shape index (κ3) is 3.90. The van der Waals surface area contributed by atoms with Gasteiger partial charge in [0.1, 0.15) is 0 Å². The summed E-state index contributed by atoms with van der Waals surface area (Å²) < 4.78 is 40.4. The first-order valence-corrected chi connectivity index (χ1v) is 10.2. The van der Waals surface area contributed by atoms with Gasteiger partial charge in [-0.2, -0.15) is 0 Å². The minimum atomic E-state index is -1.45. The number of fused-ring (bicyclic) bond motifs is 3. The first-order chi connectivity index (χ1) is 14.1. The molecule has 148 valence electrons. The molecule has 0 fully saturated rings. The molecular weight excluding hydrogens is 369 g/mol. The third-order valence-electron chi connectivity index (χ3n) is 5.93. The highest BCUT2D eigenvalue weighted by Crippen LogP contribution is 2.41. The molecule has 0 aliphatic heterocycles. The van der Waals surface area contributed by atoms with E-state index in [4.69, 9.17) is 0 Å². The highest BCUT2D eigenvalue weighted by molar-refractivity contribution is 5.87. The van der Waals surface area contributed by atoms with E-state index in [1.54, 1.807) is 0 Å². The average molecular weight is 392 g/mol. The topological polar surface area (TPSA) is 0 Å². The largest absolute Gasteiger partial charge is 0.204 e. The molecule has 0 aromatic heterocycles. The number of hydrogen-bond acceptors (Lipinski definition) is 0. The second-order valence-corrected chi connectivity index (χ2v) is 7.80. The maximum Gasteiger partial charge on any atom is 0.194 e. The minimum Gasteiger partial charge on any atom is -0.204 e. The van der Waals surface area contributed by atoms with Crippen molar-refractivity contribution in [3.05, 3.63) is 82.7 Å². The SMILES string of the molecule is CCCC[C@@H]1CCc2c(ccc3ccccc23)[C@H]1C#Cc1cc(F)c(F)c(F)c1. The molecule has 0 heterocycles. The zero-order valence-electron chi connectivity index (χ0n) is 16.4. The molecule has 1 aliphatic carbocycles. The number of aryl methyl sites for hydroxylation is 1. The smallest absolute Gasteiger partial charge is 0.194 e. The summed E-state index contributed by atoms with van der Waals surface area (Å²) in [6, 6.07) is 14.6. The van der Waals surface area contributed by atoms with Crippen LogP contribution in [-0.2, 0) is 6.42 Å². The Morgan fingerprint density at radius 2 is 1.76 bits per heavy atom. The van der Waals surface area contributed by atoms with E-state index >= 15 is 0 Å². The standard InChI is InChI=1S/C26H23F3/c1-2-3-6-18-10-13-22-20-8-5-4-7-19(20)11-14-23(22)21(18)12-9-17-15-24(27)26(29)25(28)16-17/h4-5,7-8,11,14-16,18,21H,2-3,6,10,13H2,1H3/t18-,21+/m1/s1. The second kappa shape index (κ2) is 8.33. The van der Waals surface area contributed by atoms with Gasteiger partial charge in [-0.05, 0) is 59.2 Å². The fourth-order valence-corrected chi connectivity index (χ4v) is 4.44. The van der Waals surface area contributed by atoms with Crippen molar-refractivity contribution < 1.29 is 13.2 Å². The van der Waals surface area contributed by atoms with Gasteiger partial charge in [-0.1, -0.05) is 68.0 Å². The lowest BCUT2D eigenvalue weighted by Crippen LogP contribution is -2.20. The van der Waals surface area contributed by atoms with Crippen LogP contribution in [0.15, 0.2) is 48.5 Å². The van der Waals surface area contributed by atoms with Crippen molar-refractivity contribution in [1.29, 1.82) is 0 Å². The predicted octanol–water partition coefficient (Wildman–Crippen LogP) is 7.15. The number of benzene rings is 3. The van der Waals surface area contributed by atoms with E-state index < -0.39 is 17.5 Å². The quantitative estimate of drug-likeness (QED) is 0.328. The summed E-state index contributed by atoms with van der Waals surface area (Å²) in [4.78, 5) is 0. The predicted molar refractivity (Wildman–Crippen MR) is 111 cm³/mol. The molecule has 0 radical (unpaired) electrons. The number of halogens is 3. The summed E-state index contributed by atoms with van der Waals surface area (Å²) in [6.07, 6.45) is 5.39. The minimum absolute atomic E-state index is 0.00563. The Labute approximate surface area is 169 Å². The van der Waals surface area contributed by atoms with Crippen LogP contribution in [0.25, 0.3) is 10.8 Å². The van der Waals surface area contributed by atoms with E-state index in [1.165, 1.54) is 21.9 Å². The van der Waals surface area contributed by atoms with Crippen molar-refractivity contribution in [2.75, 3.05) is 0 Å². The summed E-state index contributed by atoms with van der Waals surface area (Å²) in [5, 5.41) is 2.47. The van der Waals surface area contributed by atoms with Crippen LogP contribution in [0.4, 0.5) is 13.2 Å². The molecule has 0 bridgehead atoms. The van der Waals surface area contributed by atoms with Crippen LogP contribution in [-0.4, -0.2) is 0 Å². The molecule has 2 atom stereocenters. The van der Waals surface area contributed by atoms with Gasteiger partial charge in [-0.3, -0.25) is 0 Å². The Morgan fingerprint density at radius 1 is 1.00 bits per heavy atom. The molecule has 4 rings (SSSR count). The molecule has 0 unspecified atom stereocenters. The number of unbranched alkanes of at least 4 members (excludes halogenated alkanes) is 1. The Hall–Kier alpha value is -2.73. The van der Waals surface area contributed by atoms with Crippen molar-refractivity contribution in [1.82, 2.24) is 0 Å². The van der Waals surface area contributed by atoms with Crippen molar-refractivity contribution in [3.8, 4) is 11.8 Å². The van der Waals surface area contributed by atoms with Gasteiger partial charge in [0.25, 0.3) is 0 Å². The molecule has 0 N–H and O–H groups in total. The van der Waals surface area contributed by atoms with Gasteiger partial charge in [0.2, 0.25) is 0 Å². The maximum absolute atomic E-state index is 13.6. The van der Waals surface area contributed by atoms with Gasteiger partial charge >= 0.3 is 0 Å². The van der Waals surface area contributed by atoms with E-state index in [9.17, 15) is 13.2 Å². The Balaban J connectivity index is 1.78. The Morgan fingerprint density at radius 3 is 2.52 bits per heavy atom. The van der Waals surface area contributed by atoms with Crippen LogP contribution in [0.3, 0.4) is 0 Å². The van der Waals surface area contributed by atoms with Crippen LogP contribution in [0.1, 0.15) is 55.2 Å². The normalized spacial score (nSPS) is 18.2. The lowest BCUT2D eigenvalue weighted by atomic mass is 9.72. The van der Waals surface area contributed by atoms with Crippen LogP contribution >= 0.6 is 0 Å². The molecule has 0 spiro atoms. The van der Waals surface area contributed by atoms with E-state index in [1.807, 2.05) is 6.07 Å². The van der Waals surface area contributed by atoms with Gasteiger partial charge in [-0.25, -0.2) is 13.2 Å². The van der Waals surface area contributed by atoms with Crippen LogP contribution in [0.5, 0.6) is 0 Å². The fourth-order valence-electron chi connectivity index (χ4n) is 4.44. The average Bonchev–Trinajstić information content (AvgIpc) is 2.74. The Bertz CT molecular complexity index is 1080. The van der Waals surface area contributed by atoms with Crippen LogP contribution in [0, 0.1) is 35.2 Å². The van der Waals surface area contributed by atoms with Gasteiger partial charge in [0.15, 0.2) is 17.5 Å². The molecule has 0 nitrogen and oxygen atoms in total. The van der Waals surface area contributed by atoms with Gasteiger partial charge in [0.05, 0.1) is 0 Å². The molecule has 29 heavy (non-hydrogen) atoms. The summed E-state index contributed by atoms with van der Waals surface area (Å²) in [6.45, 7) is 2.18. The lowest BCUT2D eigenvalue weighted by Gasteiger charge is -2.31. The molecule has 3 aromatic rings. The molecule has 1 aliphatic rings. The first kappa shape index (κ1) is 19.6. The van der Waals surface area contributed by atoms with Crippen molar-refractivity contribution >= 4 is 10.8 Å². The molecule has 3 aromatic carbocycles. The Kier molecular flexibility index (Phi) is 5.62. The van der Waals surface area contributed by atoms with Crippen LogP contribution in [0.2, 0.25) is 0 Å². The van der Waals surface area contributed by atoms with Crippen molar-refractivity contribution in [3.63, 3.8) is 0 Å². The monoisotopic (exact) mass is 392 g/mol. The second-order valence-electron chi connectivity index (χ2n) is 7.80.